The Morgan fingerprint density at radius 1 is 0.889 bits per heavy atom. The molecule has 0 aromatic carbocycles. The lowest BCUT2D eigenvalue weighted by Crippen LogP contribution is -2.36. The summed E-state index contributed by atoms with van der Waals surface area (Å²) < 4.78 is 0. The molecule has 0 unspecified atom stereocenters. The van der Waals surface area contributed by atoms with E-state index in [1.165, 1.54) is 0 Å². The number of aliphatic carboxylic acids is 3. The van der Waals surface area contributed by atoms with E-state index in [1.54, 1.807) is 11.8 Å². The van der Waals surface area contributed by atoms with Crippen LogP contribution < -0.4 is 17.2 Å². The Labute approximate surface area is 166 Å². The lowest BCUT2D eigenvalue weighted by atomic mass is 10.0. The van der Waals surface area contributed by atoms with Gasteiger partial charge in [0, 0.05) is 0 Å². The third kappa shape index (κ3) is 20.8. The zero-order valence-corrected chi connectivity index (χ0v) is 17.7. The van der Waals surface area contributed by atoms with Crippen molar-refractivity contribution < 1.29 is 29.7 Å². The molecule has 0 saturated heterocycles. The van der Waals surface area contributed by atoms with Gasteiger partial charge < -0.3 is 32.5 Å². The van der Waals surface area contributed by atoms with Crippen LogP contribution in [0.5, 0.6) is 0 Å². The van der Waals surface area contributed by atoms with E-state index in [4.69, 9.17) is 32.5 Å². The van der Waals surface area contributed by atoms with Crippen LogP contribution in [0.15, 0.2) is 0 Å². The molecule has 0 aliphatic carbocycles. The number of hydrogen-bond donors (Lipinski definition) is 6. The highest BCUT2D eigenvalue weighted by Crippen LogP contribution is 2.04. The minimum atomic E-state index is -0.913. The Hall–Kier alpha value is -1.36. The van der Waals surface area contributed by atoms with Crippen molar-refractivity contribution in [3.8, 4) is 0 Å². The average molecular weight is 412 g/mol. The van der Waals surface area contributed by atoms with Gasteiger partial charge in [0.05, 0.1) is 0 Å². The number of rotatable bonds is 10. The standard InChI is InChI=1S/2C6H13NO2.C5H11NO2S/c1-4(2)3-5(7)6(8)9;1-3-4(2)5(7)6(8)9;1-9-3-2-4(6)5(7)8/h2*4-5H,3,7H2,1-2H3,(H,8,9);4H,2-3,6H2,1H3,(H,7,8)/t5-;4-,5-;4-/m000/s1. The van der Waals surface area contributed by atoms with E-state index in [9.17, 15) is 14.4 Å². The molecule has 0 aromatic rings. The van der Waals surface area contributed by atoms with Gasteiger partial charge in [-0.3, -0.25) is 14.4 Å². The van der Waals surface area contributed by atoms with E-state index in [-0.39, 0.29) is 5.92 Å². The quantitative estimate of drug-likeness (QED) is 0.303. The van der Waals surface area contributed by atoms with E-state index < -0.39 is 36.0 Å². The number of carbonyl (C=O) groups is 3. The van der Waals surface area contributed by atoms with Gasteiger partial charge in [0.25, 0.3) is 0 Å². The molecule has 0 aliphatic heterocycles. The van der Waals surface area contributed by atoms with Crippen LogP contribution in [0.25, 0.3) is 0 Å². The Bertz CT molecular complexity index is 423. The molecule has 4 atom stereocenters. The van der Waals surface area contributed by atoms with Crippen LogP contribution in [0.2, 0.25) is 0 Å². The van der Waals surface area contributed by atoms with Gasteiger partial charge in [0.2, 0.25) is 0 Å². The van der Waals surface area contributed by atoms with Gasteiger partial charge in [-0.05, 0) is 36.7 Å². The predicted molar refractivity (Wildman–Crippen MR) is 109 cm³/mol. The monoisotopic (exact) mass is 411 g/mol. The highest BCUT2D eigenvalue weighted by Gasteiger charge is 2.17. The van der Waals surface area contributed by atoms with Gasteiger partial charge in [-0.25, -0.2) is 0 Å². The van der Waals surface area contributed by atoms with E-state index in [2.05, 4.69) is 0 Å². The van der Waals surface area contributed by atoms with Gasteiger partial charge in [0.1, 0.15) is 18.1 Å². The Balaban J connectivity index is -0.000000320. The molecule has 0 aliphatic rings. The van der Waals surface area contributed by atoms with Crippen LogP contribution in [0, 0.1) is 11.8 Å². The third-order valence-corrected chi connectivity index (χ3v) is 4.18. The van der Waals surface area contributed by atoms with Crippen molar-refractivity contribution >= 4 is 29.7 Å². The maximum Gasteiger partial charge on any atom is 0.320 e. The van der Waals surface area contributed by atoms with Crippen molar-refractivity contribution in [3.05, 3.63) is 0 Å². The van der Waals surface area contributed by atoms with Crippen molar-refractivity contribution in [2.24, 2.45) is 29.0 Å². The topological polar surface area (TPSA) is 190 Å². The molecule has 0 saturated carbocycles. The molecule has 10 heteroatoms. The summed E-state index contributed by atoms with van der Waals surface area (Å²) in [5.41, 5.74) is 15.7. The van der Waals surface area contributed by atoms with Crippen molar-refractivity contribution in [1.29, 1.82) is 0 Å². The molecule has 9 nitrogen and oxygen atoms in total. The van der Waals surface area contributed by atoms with Crippen LogP contribution in [0.1, 0.15) is 47.0 Å². The van der Waals surface area contributed by atoms with Crippen molar-refractivity contribution in [2.75, 3.05) is 12.0 Å². The smallest absolute Gasteiger partial charge is 0.320 e. The first-order valence-electron chi connectivity index (χ1n) is 8.75. The molecule has 0 fully saturated rings. The van der Waals surface area contributed by atoms with Crippen LogP contribution in [-0.4, -0.2) is 63.4 Å². The average Bonchev–Trinajstić information content (AvgIpc) is 2.58. The number of hydrogen-bond acceptors (Lipinski definition) is 7. The highest BCUT2D eigenvalue weighted by atomic mass is 32.2. The normalized spacial score (nSPS) is 14.6. The lowest BCUT2D eigenvalue weighted by Gasteiger charge is -2.11. The van der Waals surface area contributed by atoms with Gasteiger partial charge >= 0.3 is 17.9 Å². The van der Waals surface area contributed by atoms with Gasteiger partial charge in [-0.15, -0.1) is 0 Å². The second-order valence-electron chi connectivity index (χ2n) is 6.55. The van der Waals surface area contributed by atoms with E-state index >= 15 is 0 Å². The molecule has 162 valence electrons. The molecule has 0 bridgehead atoms. The summed E-state index contributed by atoms with van der Waals surface area (Å²) in [4.78, 5) is 30.4. The number of carboxylic acid groups (broad SMARTS) is 3. The summed E-state index contributed by atoms with van der Waals surface area (Å²) in [5.74, 6) is -1.50. The lowest BCUT2D eigenvalue weighted by molar-refractivity contribution is -0.140. The SMILES string of the molecule is CC(C)C[C@H](N)C(=O)O.CC[C@H](C)[C@H](N)C(=O)O.CSCC[C@H](N)C(=O)O. The number of thioether (sulfide) groups is 1. The minimum absolute atomic E-state index is 0.0718. The second kappa shape index (κ2) is 18.0. The highest BCUT2D eigenvalue weighted by molar-refractivity contribution is 7.98. The first-order chi connectivity index (χ1) is 12.3. The van der Waals surface area contributed by atoms with E-state index in [0.717, 1.165) is 12.2 Å². The largest absolute Gasteiger partial charge is 0.480 e. The van der Waals surface area contributed by atoms with Gasteiger partial charge in [-0.1, -0.05) is 34.1 Å². The molecule has 0 amide bonds. The van der Waals surface area contributed by atoms with Gasteiger partial charge in [-0.2, -0.15) is 11.8 Å². The Morgan fingerprint density at radius 3 is 1.52 bits per heavy atom. The summed E-state index contributed by atoms with van der Waals surface area (Å²) in [6.07, 6.45) is 3.84. The van der Waals surface area contributed by atoms with Crippen molar-refractivity contribution in [1.82, 2.24) is 0 Å². The molecule has 0 rings (SSSR count). The summed E-state index contributed by atoms with van der Waals surface area (Å²) in [6, 6.07) is -2.07. The number of carboxylic acids is 3. The molecule has 0 aromatic heterocycles. The molecule has 9 N–H and O–H groups in total. The molecular formula is C17H37N3O6S. The minimum Gasteiger partial charge on any atom is -0.480 e. The zero-order valence-electron chi connectivity index (χ0n) is 16.9. The molecule has 0 radical (unpaired) electrons. The van der Waals surface area contributed by atoms with Crippen LogP contribution in [-0.2, 0) is 14.4 Å². The maximum atomic E-state index is 10.2. The van der Waals surface area contributed by atoms with E-state index in [1.807, 2.05) is 34.0 Å². The Kier molecular flexibility index (Phi) is 20.3. The predicted octanol–water partition coefficient (Wildman–Crippen LogP) is 1.04. The summed E-state index contributed by atoms with van der Waals surface area (Å²) in [6.45, 7) is 7.65. The fourth-order valence-electron chi connectivity index (χ4n) is 1.47. The summed E-state index contributed by atoms with van der Waals surface area (Å²) >= 11 is 1.60. The van der Waals surface area contributed by atoms with Crippen LogP contribution in [0.4, 0.5) is 0 Å². The maximum absolute atomic E-state index is 10.2. The fraction of sp³-hybridized carbons (Fsp3) is 0.824. The molecule has 0 heterocycles. The Morgan fingerprint density at radius 2 is 1.33 bits per heavy atom. The van der Waals surface area contributed by atoms with Gasteiger partial charge in [0.15, 0.2) is 0 Å². The molecule has 0 spiro atoms. The first kappa shape index (κ1) is 30.4. The summed E-state index contributed by atoms with van der Waals surface area (Å²) in [7, 11) is 0. The van der Waals surface area contributed by atoms with Crippen molar-refractivity contribution in [3.63, 3.8) is 0 Å². The second-order valence-corrected chi connectivity index (χ2v) is 7.54. The van der Waals surface area contributed by atoms with E-state index in [0.29, 0.717) is 18.8 Å². The number of nitrogens with two attached hydrogens (primary N) is 3. The van der Waals surface area contributed by atoms with Crippen molar-refractivity contribution in [2.45, 2.75) is 65.1 Å². The molecular weight excluding hydrogens is 374 g/mol. The molecule has 27 heavy (non-hydrogen) atoms. The summed E-state index contributed by atoms with van der Waals surface area (Å²) in [5, 5.41) is 24.9. The fourth-order valence-corrected chi connectivity index (χ4v) is 1.96. The third-order valence-electron chi connectivity index (χ3n) is 3.53. The zero-order chi connectivity index (χ0) is 22.2. The van der Waals surface area contributed by atoms with Crippen LogP contribution in [0.3, 0.4) is 0 Å². The van der Waals surface area contributed by atoms with Crippen LogP contribution >= 0.6 is 11.8 Å². The first-order valence-corrected chi connectivity index (χ1v) is 10.1.